The van der Waals surface area contributed by atoms with E-state index in [0.29, 0.717) is 24.1 Å². The van der Waals surface area contributed by atoms with Crippen molar-refractivity contribution in [2.45, 2.75) is 38.4 Å². The number of amides is 1. The zero-order chi connectivity index (χ0) is 15.9. The van der Waals surface area contributed by atoms with Crippen LogP contribution in [0.1, 0.15) is 38.7 Å². The van der Waals surface area contributed by atoms with E-state index in [4.69, 9.17) is 5.26 Å². The first-order valence-corrected chi connectivity index (χ1v) is 8.62. The molecule has 0 bridgehead atoms. The first-order chi connectivity index (χ1) is 9.89. The second-order valence-electron chi connectivity index (χ2n) is 4.93. The fourth-order valence-electron chi connectivity index (χ4n) is 1.74. The molecule has 0 aliphatic rings. The van der Waals surface area contributed by atoms with Crippen molar-refractivity contribution in [1.29, 1.82) is 5.26 Å². The number of sulfone groups is 1. The van der Waals surface area contributed by atoms with Crippen LogP contribution in [0.4, 0.5) is 5.69 Å². The van der Waals surface area contributed by atoms with Crippen molar-refractivity contribution in [2.75, 3.05) is 11.1 Å². The molecule has 5 nitrogen and oxygen atoms in total. The Labute approximate surface area is 125 Å². The van der Waals surface area contributed by atoms with Crippen molar-refractivity contribution in [2.24, 2.45) is 0 Å². The Hall–Kier alpha value is -1.87. The number of nitriles is 1. The lowest BCUT2D eigenvalue weighted by Crippen LogP contribution is -2.21. The van der Waals surface area contributed by atoms with Crippen molar-refractivity contribution >= 4 is 21.4 Å². The van der Waals surface area contributed by atoms with Gasteiger partial charge in [0, 0.05) is 12.1 Å². The van der Waals surface area contributed by atoms with Gasteiger partial charge in [-0.3, -0.25) is 4.79 Å². The van der Waals surface area contributed by atoms with Gasteiger partial charge < -0.3 is 5.32 Å². The molecule has 1 unspecified atom stereocenters. The molecule has 1 atom stereocenters. The van der Waals surface area contributed by atoms with Crippen LogP contribution in [0.15, 0.2) is 24.3 Å². The van der Waals surface area contributed by atoms with E-state index in [9.17, 15) is 13.2 Å². The summed E-state index contributed by atoms with van der Waals surface area (Å²) in [5, 5.41) is 11.0. The number of rotatable bonds is 7. The number of benzene rings is 1. The zero-order valence-corrected chi connectivity index (χ0v) is 13.1. The zero-order valence-electron chi connectivity index (χ0n) is 12.3. The quantitative estimate of drug-likeness (QED) is 0.838. The normalized spacial score (nSPS) is 12.4. The summed E-state index contributed by atoms with van der Waals surface area (Å²) in [5.41, 5.74) is 1.12. The number of carbonyl (C=O) groups is 1. The second-order valence-corrected chi connectivity index (χ2v) is 7.47. The predicted octanol–water partition coefficient (Wildman–Crippen LogP) is 2.49. The van der Waals surface area contributed by atoms with Crippen LogP contribution >= 0.6 is 0 Å². The Bertz CT molecular complexity index is 615. The third kappa shape index (κ3) is 5.56. The molecule has 0 radical (unpaired) electrons. The van der Waals surface area contributed by atoms with Gasteiger partial charge in [0.15, 0.2) is 9.84 Å². The summed E-state index contributed by atoms with van der Waals surface area (Å²) in [6.07, 6.45) is 1.06. The number of hydrogen-bond acceptors (Lipinski definition) is 4. The van der Waals surface area contributed by atoms with Crippen LogP contribution in [0.2, 0.25) is 0 Å². The van der Waals surface area contributed by atoms with Crippen LogP contribution in [0.5, 0.6) is 0 Å². The summed E-state index contributed by atoms with van der Waals surface area (Å²) in [6, 6.07) is 8.51. The molecule has 0 heterocycles. The molecule has 1 amide bonds. The fourth-order valence-corrected chi connectivity index (χ4v) is 3.20. The molecular formula is C15H20N2O3S. The van der Waals surface area contributed by atoms with E-state index < -0.39 is 9.84 Å². The van der Waals surface area contributed by atoms with Gasteiger partial charge in [0.2, 0.25) is 5.91 Å². The van der Waals surface area contributed by atoms with Gasteiger partial charge in [0.25, 0.3) is 0 Å². The number of anilines is 1. The van der Waals surface area contributed by atoms with Crippen LogP contribution in [0.25, 0.3) is 0 Å². The van der Waals surface area contributed by atoms with E-state index in [-0.39, 0.29) is 23.3 Å². The van der Waals surface area contributed by atoms with E-state index in [0.717, 1.165) is 0 Å². The van der Waals surface area contributed by atoms with E-state index >= 15 is 0 Å². The van der Waals surface area contributed by atoms with Crippen LogP contribution in [-0.2, 0) is 14.6 Å². The molecular weight excluding hydrogens is 288 g/mol. The van der Waals surface area contributed by atoms with Gasteiger partial charge in [-0.1, -0.05) is 6.92 Å². The maximum Gasteiger partial charge on any atom is 0.224 e. The van der Waals surface area contributed by atoms with E-state index in [1.807, 2.05) is 13.0 Å². The fraction of sp³-hybridized carbons (Fsp3) is 0.467. The maximum absolute atomic E-state index is 11.8. The minimum absolute atomic E-state index is 0.0306. The minimum atomic E-state index is -3.10. The van der Waals surface area contributed by atoms with Gasteiger partial charge in [-0.2, -0.15) is 5.26 Å². The molecule has 0 aliphatic heterocycles. The highest BCUT2D eigenvalue weighted by atomic mass is 32.2. The lowest BCUT2D eigenvalue weighted by Gasteiger charge is -2.10. The molecule has 0 fully saturated rings. The Morgan fingerprint density at radius 1 is 1.33 bits per heavy atom. The van der Waals surface area contributed by atoms with E-state index in [1.165, 1.54) is 0 Å². The monoisotopic (exact) mass is 308 g/mol. The van der Waals surface area contributed by atoms with Crippen LogP contribution in [0.3, 0.4) is 0 Å². The van der Waals surface area contributed by atoms with Crippen molar-refractivity contribution in [3.8, 4) is 6.07 Å². The van der Waals surface area contributed by atoms with E-state index in [1.54, 1.807) is 31.2 Å². The van der Waals surface area contributed by atoms with Crippen LogP contribution in [0, 0.1) is 11.3 Å². The Morgan fingerprint density at radius 2 is 1.95 bits per heavy atom. The lowest BCUT2D eigenvalue weighted by molar-refractivity contribution is -0.116. The van der Waals surface area contributed by atoms with Gasteiger partial charge in [0.05, 0.1) is 22.6 Å². The molecule has 0 saturated carbocycles. The standard InChI is InChI=1S/C15H20N2O3S/c1-3-12(2)21(19,20)10-4-5-15(18)17-14-8-6-13(11-16)7-9-14/h6-9,12H,3-5,10H2,1-2H3,(H,17,18). The molecule has 0 aromatic heterocycles. The highest BCUT2D eigenvalue weighted by molar-refractivity contribution is 7.91. The Morgan fingerprint density at radius 3 is 2.48 bits per heavy atom. The Balaban J connectivity index is 2.43. The second kappa shape index (κ2) is 7.79. The number of nitrogens with zero attached hydrogens (tertiary/aromatic N) is 1. The van der Waals surface area contributed by atoms with E-state index in [2.05, 4.69) is 5.32 Å². The molecule has 0 aliphatic carbocycles. The lowest BCUT2D eigenvalue weighted by atomic mass is 10.2. The topological polar surface area (TPSA) is 87.0 Å². The third-order valence-electron chi connectivity index (χ3n) is 3.32. The summed E-state index contributed by atoms with van der Waals surface area (Å²) in [6.45, 7) is 3.52. The van der Waals surface area contributed by atoms with Gasteiger partial charge >= 0.3 is 0 Å². The van der Waals surface area contributed by atoms with Crippen molar-refractivity contribution in [1.82, 2.24) is 0 Å². The summed E-state index contributed by atoms with van der Waals surface area (Å²) in [7, 11) is -3.10. The largest absolute Gasteiger partial charge is 0.326 e. The average molecular weight is 308 g/mol. The number of carbonyl (C=O) groups excluding carboxylic acids is 1. The molecule has 6 heteroatoms. The highest BCUT2D eigenvalue weighted by Gasteiger charge is 2.18. The molecule has 114 valence electrons. The van der Waals surface area contributed by atoms with Crippen molar-refractivity contribution < 1.29 is 13.2 Å². The molecule has 1 rings (SSSR count). The van der Waals surface area contributed by atoms with Gasteiger partial charge in [-0.25, -0.2) is 8.42 Å². The maximum atomic E-state index is 11.8. The molecule has 1 aromatic rings. The number of hydrogen-bond donors (Lipinski definition) is 1. The summed E-state index contributed by atoms with van der Waals surface area (Å²) >= 11 is 0. The first kappa shape index (κ1) is 17.2. The molecule has 0 saturated heterocycles. The molecule has 21 heavy (non-hydrogen) atoms. The average Bonchev–Trinajstić information content (AvgIpc) is 2.46. The van der Waals surface area contributed by atoms with Crippen LogP contribution in [-0.4, -0.2) is 25.3 Å². The van der Waals surface area contributed by atoms with Crippen LogP contribution < -0.4 is 5.32 Å². The van der Waals surface area contributed by atoms with Gasteiger partial charge in [-0.15, -0.1) is 0 Å². The van der Waals surface area contributed by atoms with Gasteiger partial charge in [-0.05, 0) is 44.0 Å². The highest BCUT2D eigenvalue weighted by Crippen LogP contribution is 2.11. The summed E-state index contributed by atoms with van der Waals surface area (Å²) < 4.78 is 23.6. The minimum Gasteiger partial charge on any atom is -0.326 e. The smallest absolute Gasteiger partial charge is 0.224 e. The third-order valence-corrected chi connectivity index (χ3v) is 5.74. The SMILES string of the molecule is CCC(C)S(=O)(=O)CCCC(=O)Nc1ccc(C#N)cc1. The predicted molar refractivity (Wildman–Crippen MR) is 82.6 cm³/mol. The summed E-state index contributed by atoms with van der Waals surface area (Å²) in [4.78, 5) is 11.7. The first-order valence-electron chi connectivity index (χ1n) is 6.90. The number of nitrogens with one attached hydrogen (secondary N) is 1. The van der Waals surface area contributed by atoms with Gasteiger partial charge in [0.1, 0.15) is 0 Å². The molecule has 1 N–H and O–H groups in total. The molecule has 0 spiro atoms. The molecule has 1 aromatic carbocycles. The Kier molecular flexibility index (Phi) is 6.38. The van der Waals surface area contributed by atoms with Crippen molar-refractivity contribution in [3.63, 3.8) is 0 Å². The summed E-state index contributed by atoms with van der Waals surface area (Å²) in [5.74, 6) is -0.193. The van der Waals surface area contributed by atoms with Crippen molar-refractivity contribution in [3.05, 3.63) is 29.8 Å².